The molecule has 0 fully saturated rings. The SMILES string of the molecule is CCc1ncc(C(O)CN)n1C. The molecule has 4 heteroatoms. The molecule has 1 atom stereocenters. The molecule has 1 unspecified atom stereocenters. The van der Waals surface area contributed by atoms with Gasteiger partial charge in [-0.05, 0) is 0 Å². The van der Waals surface area contributed by atoms with Gasteiger partial charge in [-0.1, -0.05) is 6.92 Å². The number of imidazole rings is 1. The van der Waals surface area contributed by atoms with Crippen molar-refractivity contribution in [2.24, 2.45) is 12.8 Å². The fourth-order valence-corrected chi connectivity index (χ4v) is 1.22. The molecule has 0 amide bonds. The molecule has 3 N–H and O–H groups in total. The van der Waals surface area contributed by atoms with E-state index in [4.69, 9.17) is 5.73 Å². The smallest absolute Gasteiger partial charge is 0.108 e. The maximum absolute atomic E-state index is 9.43. The third-order valence-corrected chi connectivity index (χ3v) is 2.00. The molecule has 12 heavy (non-hydrogen) atoms. The standard InChI is InChI=1S/C8H15N3O/c1-3-8-10-5-6(11(8)2)7(12)4-9/h5,7,12H,3-4,9H2,1-2H3. The highest BCUT2D eigenvalue weighted by molar-refractivity contribution is 5.08. The quantitative estimate of drug-likeness (QED) is 0.668. The first kappa shape index (κ1) is 9.22. The Hall–Kier alpha value is -0.870. The first-order chi connectivity index (χ1) is 5.70. The molecule has 0 aliphatic rings. The van der Waals surface area contributed by atoms with E-state index < -0.39 is 6.10 Å². The average Bonchev–Trinajstić information content (AvgIpc) is 2.45. The summed E-state index contributed by atoms with van der Waals surface area (Å²) in [5, 5.41) is 9.43. The van der Waals surface area contributed by atoms with Crippen molar-refractivity contribution in [1.29, 1.82) is 0 Å². The number of nitrogens with zero attached hydrogens (tertiary/aromatic N) is 2. The van der Waals surface area contributed by atoms with Crippen molar-refractivity contribution in [3.8, 4) is 0 Å². The summed E-state index contributed by atoms with van der Waals surface area (Å²) in [4.78, 5) is 4.15. The molecule has 0 radical (unpaired) electrons. The number of aliphatic hydroxyl groups is 1. The molecule has 68 valence electrons. The van der Waals surface area contributed by atoms with Gasteiger partial charge in [-0.3, -0.25) is 0 Å². The fraction of sp³-hybridized carbons (Fsp3) is 0.625. The molecule has 0 saturated heterocycles. The fourth-order valence-electron chi connectivity index (χ4n) is 1.22. The van der Waals surface area contributed by atoms with Gasteiger partial charge in [0.25, 0.3) is 0 Å². The molecule has 4 nitrogen and oxygen atoms in total. The molecule has 0 aliphatic heterocycles. The normalized spacial score (nSPS) is 13.3. The van der Waals surface area contributed by atoms with Gasteiger partial charge in [0.2, 0.25) is 0 Å². The van der Waals surface area contributed by atoms with E-state index in [9.17, 15) is 5.11 Å². The molecule has 0 aromatic carbocycles. The highest BCUT2D eigenvalue weighted by Crippen LogP contribution is 2.12. The van der Waals surface area contributed by atoms with E-state index in [0.29, 0.717) is 0 Å². The van der Waals surface area contributed by atoms with Gasteiger partial charge in [0.1, 0.15) is 11.9 Å². The molecule has 1 heterocycles. The van der Waals surface area contributed by atoms with Crippen LogP contribution in [-0.4, -0.2) is 21.2 Å². The zero-order valence-electron chi connectivity index (χ0n) is 7.49. The molecule has 1 aromatic rings. The number of rotatable bonds is 3. The Bertz CT molecular complexity index is 257. The van der Waals surface area contributed by atoms with Gasteiger partial charge in [0, 0.05) is 20.0 Å². The number of aryl methyl sites for hydroxylation is 1. The number of hydrogen-bond donors (Lipinski definition) is 2. The van der Waals surface area contributed by atoms with Crippen LogP contribution in [0, 0.1) is 0 Å². The predicted octanol–water partition coefficient (Wildman–Crippen LogP) is -0.0254. The largest absolute Gasteiger partial charge is 0.385 e. The lowest BCUT2D eigenvalue weighted by atomic mass is 10.3. The maximum Gasteiger partial charge on any atom is 0.108 e. The summed E-state index contributed by atoms with van der Waals surface area (Å²) in [5.41, 5.74) is 6.12. The lowest BCUT2D eigenvalue weighted by Crippen LogP contribution is -2.15. The summed E-state index contributed by atoms with van der Waals surface area (Å²) in [6.45, 7) is 2.27. The summed E-state index contributed by atoms with van der Waals surface area (Å²) in [6.07, 6.45) is 1.95. The molecule has 0 bridgehead atoms. The van der Waals surface area contributed by atoms with Crippen LogP contribution in [0.4, 0.5) is 0 Å². The van der Waals surface area contributed by atoms with Crippen LogP contribution in [-0.2, 0) is 13.5 Å². The Labute approximate surface area is 72.0 Å². The van der Waals surface area contributed by atoms with Gasteiger partial charge in [0.15, 0.2) is 0 Å². The minimum absolute atomic E-state index is 0.239. The molecular formula is C8H15N3O. The van der Waals surface area contributed by atoms with Gasteiger partial charge in [-0.2, -0.15) is 0 Å². The van der Waals surface area contributed by atoms with Gasteiger partial charge >= 0.3 is 0 Å². The van der Waals surface area contributed by atoms with Gasteiger partial charge in [0.05, 0.1) is 11.9 Å². The summed E-state index contributed by atoms with van der Waals surface area (Å²) < 4.78 is 1.89. The minimum Gasteiger partial charge on any atom is -0.385 e. The highest BCUT2D eigenvalue weighted by atomic mass is 16.3. The lowest BCUT2D eigenvalue weighted by molar-refractivity contribution is 0.178. The summed E-state index contributed by atoms with van der Waals surface area (Å²) in [7, 11) is 1.89. The molecule has 1 rings (SSSR count). The predicted molar refractivity (Wildman–Crippen MR) is 46.6 cm³/mol. The zero-order valence-corrected chi connectivity index (χ0v) is 7.49. The Kier molecular flexibility index (Phi) is 2.83. The van der Waals surface area contributed by atoms with Crippen molar-refractivity contribution in [2.45, 2.75) is 19.4 Å². The molecule has 0 saturated carbocycles. The van der Waals surface area contributed by atoms with E-state index in [1.165, 1.54) is 0 Å². The number of aromatic nitrogens is 2. The Morgan fingerprint density at radius 3 is 2.83 bits per heavy atom. The summed E-state index contributed by atoms with van der Waals surface area (Å²) in [6, 6.07) is 0. The third kappa shape index (κ3) is 1.49. The third-order valence-electron chi connectivity index (χ3n) is 2.00. The van der Waals surface area contributed by atoms with Crippen molar-refractivity contribution in [3.63, 3.8) is 0 Å². The average molecular weight is 169 g/mol. The van der Waals surface area contributed by atoms with Crippen molar-refractivity contribution in [1.82, 2.24) is 9.55 Å². The minimum atomic E-state index is -0.595. The van der Waals surface area contributed by atoms with Gasteiger partial charge < -0.3 is 15.4 Å². The van der Waals surface area contributed by atoms with E-state index in [2.05, 4.69) is 4.98 Å². The van der Waals surface area contributed by atoms with E-state index in [-0.39, 0.29) is 6.54 Å². The first-order valence-electron chi connectivity index (χ1n) is 4.09. The van der Waals surface area contributed by atoms with E-state index in [1.807, 2.05) is 18.5 Å². The topological polar surface area (TPSA) is 64.1 Å². The van der Waals surface area contributed by atoms with Crippen molar-refractivity contribution >= 4 is 0 Å². The van der Waals surface area contributed by atoms with Crippen molar-refractivity contribution in [3.05, 3.63) is 17.7 Å². The highest BCUT2D eigenvalue weighted by Gasteiger charge is 2.11. The number of hydrogen-bond acceptors (Lipinski definition) is 3. The molecular weight excluding hydrogens is 154 g/mol. The van der Waals surface area contributed by atoms with Crippen LogP contribution < -0.4 is 5.73 Å². The van der Waals surface area contributed by atoms with Crippen LogP contribution in [0.1, 0.15) is 24.5 Å². The summed E-state index contributed by atoms with van der Waals surface area (Å²) >= 11 is 0. The first-order valence-corrected chi connectivity index (χ1v) is 4.09. The Morgan fingerprint density at radius 1 is 1.75 bits per heavy atom. The van der Waals surface area contributed by atoms with E-state index in [1.54, 1.807) is 6.20 Å². The van der Waals surface area contributed by atoms with E-state index >= 15 is 0 Å². The van der Waals surface area contributed by atoms with Crippen LogP contribution >= 0.6 is 0 Å². The number of nitrogens with two attached hydrogens (primary N) is 1. The van der Waals surface area contributed by atoms with E-state index in [0.717, 1.165) is 17.9 Å². The van der Waals surface area contributed by atoms with Gasteiger partial charge in [-0.25, -0.2) is 4.98 Å². The summed E-state index contributed by atoms with van der Waals surface area (Å²) in [5.74, 6) is 0.970. The Balaban J connectivity index is 2.93. The van der Waals surface area contributed by atoms with Crippen LogP contribution in [0.5, 0.6) is 0 Å². The zero-order chi connectivity index (χ0) is 9.14. The van der Waals surface area contributed by atoms with Crippen LogP contribution in [0.25, 0.3) is 0 Å². The van der Waals surface area contributed by atoms with Crippen molar-refractivity contribution in [2.75, 3.05) is 6.54 Å². The second kappa shape index (κ2) is 3.69. The number of aliphatic hydroxyl groups excluding tert-OH is 1. The molecule has 0 aliphatic carbocycles. The van der Waals surface area contributed by atoms with Crippen LogP contribution in [0.2, 0.25) is 0 Å². The van der Waals surface area contributed by atoms with Gasteiger partial charge in [-0.15, -0.1) is 0 Å². The lowest BCUT2D eigenvalue weighted by Gasteiger charge is -2.08. The van der Waals surface area contributed by atoms with Crippen LogP contribution in [0.3, 0.4) is 0 Å². The molecule has 0 spiro atoms. The van der Waals surface area contributed by atoms with Crippen molar-refractivity contribution < 1.29 is 5.11 Å². The maximum atomic E-state index is 9.43. The Morgan fingerprint density at radius 2 is 2.42 bits per heavy atom. The monoisotopic (exact) mass is 169 g/mol. The second-order valence-corrected chi connectivity index (χ2v) is 2.76. The second-order valence-electron chi connectivity index (χ2n) is 2.76. The molecule has 1 aromatic heterocycles. The van der Waals surface area contributed by atoms with Crippen LogP contribution in [0.15, 0.2) is 6.20 Å².